The van der Waals surface area contributed by atoms with Crippen molar-refractivity contribution >= 4 is 92.1 Å². The highest BCUT2D eigenvalue weighted by Crippen LogP contribution is 2.46. The van der Waals surface area contributed by atoms with Crippen LogP contribution in [0.3, 0.4) is 0 Å². The molecule has 348 valence electrons. The lowest BCUT2D eigenvalue weighted by Crippen LogP contribution is -2.64. The van der Waals surface area contributed by atoms with E-state index in [1.165, 1.54) is 0 Å². The molecular formula is C62H39B3N2O7. The molecule has 0 atom stereocenters. The molecule has 12 heteroatoms. The zero-order valence-electron chi connectivity index (χ0n) is 40.0. The summed E-state index contributed by atoms with van der Waals surface area (Å²) in [5.74, 6) is 10.3. The molecule has 0 aromatic heterocycles. The Morgan fingerprint density at radius 1 is 0.270 bits per heavy atom. The molecule has 9 nitrogen and oxygen atoms in total. The molecule has 0 unspecified atom stereocenters. The summed E-state index contributed by atoms with van der Waals surface area (Å²) in [6, 6.07) is 67.8. The fraction of sp³-hybridized carbons (Fsp3) is 0.0323. The molecule has 10 aromatic rings. The van der Waals surface area contributed by atoms with E-state index in [9.17, 15) is 0 Å². The molecule has 16 rings (SSSR count). The highest BCUT2D eigenvalue weighted by molar-refractivity contribution is 7.03. The van der Waals surface area contributed by atoms with E-state index < -0.39 is 0 Å². The van der Waals surface area contributed by atoms with Crippen molar-refractivity contribution < 1.29 is 33.2 Å². The van der Waals surface area contributed by atoms with Crippen LogP contribution in [0.15, 0.2) is 200 Å². The van der Waals surface area contributed by atoms with E-state index in [-0.39, 0.29) is 20.1 Å². The van der Waals surface area contributed by atoms with Gasteiger partial charge in [0.15, 0.2) is 0 Å². The first-order chi connectivity index (χ1) is 36.5. The van der Waals surface area contributed by atoms with Crippen LogP contribution in [0, 0.1) is 0 Å². The second kappa shape index (κ2) is 15.5. The minimum Gasteiger partial charge on any atom is -0.458 e. The second-order valence-corrected chi connectivity index (χ2v) is 19.6. The van der Waals surface area contributed by atoms with Crippen LogP contribution >= 0.6 is 0 Å². The number of benzene rings is 10. The topological polar surface area (TPSA) is 71.1 Å². The zero-order valence-corrected chi connectivity index (χ0v) is 40.0. The first kappa shape index (κ1) is 41.2. The van der Waals surface area contributed by atoms with Gasteiger partial charge in [0.05, 0.1) is 0 Å². The van der Waals surface area contributed by atoms with Gasteiger partial charge in [-0.1, -0.05) is 103 Å². The summed E-state index contributed by atoms with van der Waals surface area (Å²) in [6.07, 6.45) is 0. The SMILES string of the molecule is CN1c2cc3c(cc2B2c4cc5c(cc4Oc4cc(Oc6ccccc6)cc1c42)N(C)c1cc(Oc2ccccc2)cc2c1B5c1ccccc1O2)B1c2ccccc2Oc2cc(Oc4ccccc4)cc(c21)O3. The van der Waals surface area contributed by atoms with Gasteiger partial charge in [-0.25, -0.2) is 0 Å². The van der Waals surface area contributed by atoms with E-state index in [4.69, 9.17) is 33.2 Å². The smallest absolute Gasteiger partial charge is 0.260 e. The molecule has 0 aliphatic carbocycles. The lowest BCUT2D eigenvalue weighted by atomic mass is 9.30. The second-order valence-electron chi connectivity index (χ2n) is 19.6. The normalized spacial score (nSPS) is 13.8. The Bertz CT molecular complexity index is 4030. The molecular weight excluding hydrogens is 917 g/mol. The zero-order chi connectivity index (χ0) is 48.8. The average Bonchev–Trinajstić information content (AvgIpc) is 3.43. The van der Waals surface area contributed by atoms with E-state index in [0.29, 0.717) is 28.7 Å². The van der Waals surface area contributed by atoms with Gasteiger partial charge < -0.3 is 43.0 Å². The van der Waals surface area contributed by atoms with E-state index in [1.807, 2.05) is 133 Å². The van der Waals surface area contributed by atoms with Gasteiger partial charge in [0, 0.05) is 90.8 Å². The Morgan fingerprint density at radius 3 is 1.04 bits per heavy atom. The minimum absolute atomic E-state index is 0.137. The van der Waals surface area contributed by atoms with E-state index in [2.05, 4.69) is 90.6 Å². The van der Waals surface area contributed by atoms with Crippen LogP contribution in [0.5, 0.6) is 80.5 Å². The number of fused-ring (bicyclic) bond motifs is 12. The molecule has 0 spiro atoms. The van der Waals surface area contributed by atoms with Gasteiger partial charge in [-0.05, 0) is 92.2 Å². The number of rotatable bonds is 6. The summed E-state index contributed by atoms with van der Waals surface area (Å²) < 4.78 is 47.4. The molecule has 0 amide bonds. The van der Waals surface area contributed by atoms with Crippen LogP contribution in [-0.2, 0) is 0 Å². The summed E-state index contributed by atoms with van der Waals surface area (Å²) in [5.41, 5.74) is 13.8. The van der Waals surface area contributed by atoms with E-state index in [0.717, 1.165) is 124 Å². The van der Waals surface area contributed by atoms with Crippen molar-refractivity contribution in [2.75, 3.05) is 23.9 Å². The van der Waals surface area contributed by atoms with Crippen molar-refractivity contribution in [3.63, 3.8) is 0 Å². The van der Waals surface area contributed by atoms with Crippen LogP contribution in [-0.4, -0.2) is 34.2 Å². The Hall–Kier alpha value is -9.41. The number of nitrogens with zero attached hydrogens (tertiary/aromatic N) is 2. The summed E-state index contributed by atoms with van der Waals surface area (Å²) >= 11 is 0. The van der Waals surface area contributed by atoms with Gasteiger partial charge in [-0.3, -0.25) is 0 Å². The third-order valence-electron chi connectivity index (χ3n) is 15.4. The number of anilines is 4. The van der Waals surface area contributed by atoms with Crippen molar-refractivity contribution in [3.05, 3.63) is 200 Å². The maximum absolute atomic E-state index is 7.24. The fourth-order valence-electron chi connectivity index (χ4n) is 12.2. The number of hydrogen-bond donors (Lipinski definition) is 0. The van der Waals surface area contributed by atoms with Crippen molar-refractivity contribution in [3.8, 4) is 80.5 Å². The molecule has 0 radical (unpaired) electrons. The highest BCUT2D eigenvalue weighted by atomic mass is 16.5. The highest BCUT2D eigenvalue weighted by Gasteiger charge is 2.48. The maximum Gasteiger partial charge on any atom is 0.260 e. The number of hydrogen-bond acceptors (Lipinski definition) is 9. The van der Waals surface area contributed by atoms with Gasteiger partial charge in [-0.2, -0.15) is 0 Å². The molecule has 0 saturated carbocycles. The average molecular weight is 956 g/mol. The molecule has 74 heavy (non-hydrogen) atoms. The fourth-order valence-corrected chi connectivity index (χ4v) is 12.2. The van der Waals surface area contributed by atoms with Crippen LogP contribution in [0.1, 0.15) is 0 Å². The van der Waals surface area contributed by atoms with Crippen LogP contribution in [0.25, 0.3) is 0 Å². The Kier molecular flexibility index (Phi) is 8.66. The molecule has 0 bridgehead atoms. The Labute approximate surface area is 427 Å². The third-order valence-corrected chi connectivity index (χ3v) is 15.4. The minimum atomic E-state index is -0.239. The first-order valence-corrected chi connectivity index (χ1v) is 24.9. The predicted octanol–water partition coefficient (Wildman–Crippen LogP) is 9.20. The van der Waals surface area contributed by atoms with E-state index >= 15 is 0 Å². The Morgan fingerprint density at radius 2 is 0.608 bits per heavy atom. The maximum atomic E-state index is 7.24. The Balaban J connectivity index is 0.899. The summed E-state index contributed by atoms with van der Waals surface area (Å²) in [4.78, 5) is 4.51. The predicted molar refractivity (Wildman–Crippen MR) is 295 cm³/mol. The van der Waals surface area contributed by atoms with Gasteiger partial charge in [0.25, 0.3) is 20.1 Å². The molecule has 6 aliphatic rings. The van der Waals surface area contributed by atoms with E-state index in [1.54, 1.807) is 0 Å². The summed E-state index contributed by atoms with van der Waals surface area (Å²) in [6.45, 7) is -0.558. The first-order valence-electron chi connectivity index (χ1n) is 24.9. The largest absolute Gasteiger partial charge is 0.458 e. The molecule has 6 heterocycles. The summed E-state index contributed by atoms with van der Waals surface area (Å²) in [7, 11) is 4.24. The molecule has 10 aromatic carbocycles. The van der Waals surface area contributed by atoms with Gasteiger partial charge >= 0.3 is 0 Å². The lowest BCUT2D eigenvalue weighted by molar-refractivity contribution is 0.443. The number of para-hydroxylation sites is 5. The van der Waals surface area contributed by atoms with Crippen molar-refractivity contribution in [1.29, 1.82) is 0 Å². The van der Waals surface area contributed by atoms with Crippen LogP contribution in [0.2, 0.25) is 0 Å². The lowest BCUT2D eigenvalue weighted by Gasteiger charge is -2.42. The third kappa shape index (κ3) is 6.14. The van der Waals surface area contributed by atoms with Crippen molar-refractivity contribution in [2.45, 2.75) is 0 Å². The summed E-state index contributed by atoms with van der Waals surface area (Å²) in [5, 5.41) is 0. The van der Waals surface area contributed by atoms with Gasteiger partial charge in [0.1, 0.15) is 80.5 Å². The quantitative estimate of drug-likeness (QED) is 0.152. The molecule has 0 saturated heterocycles. The monoisotopic (exact) mass is 956 g/mol. The molecule has 6 aliphatic heterocycles. The van der Waals surface area contributed by atoms with Gasteiger partial charge in [-0.15, -0.1) is 0 Å². The number of ether oxygens (including phenoxy) is 7. The van der Waals surface area contributed by atoms with Crippen molar-refractivity contribution in [1.82, 2.24) is 0 Å². The van der Waals surface area contributed by atoms with Crippen LogP contribution < -0.4 is 92.1 Å². The van der Waals surface area contributed by atoms with Gasteiger partial charge in [0.2, 0.25) is 0 Å². The standard InChI is InChI=1S/C62H39B3N2O7/c1-66-48-34-55-47(32-44(48)63-42-22-12-14-24-52(42)71-56-28-39(26-50(66)60(56)63)68-36-16-6-3-7-17-36)65-45-33-46-54(35-49(45)67(2)51-27-40(29-57(73-55)61(51)65)69-37-18-8-4-9-19-37)74-59-31-41(70-38-20-10-5-11-21-38)30-58-62(59)64(46)43-23-13-15-25-53(43)72-58/h3-35H,1-2H3. The molecule has 0 fully saturated rings. The molecule has 0 N–H and O–H groups in total. The van der Waals surface area contributed by atoms with Crippen LogP contribution in [0.4, 0.5) is 22.7 Å². The van der Waals surface area contributed by atoms with Crippen molar-refractivity contribution in [2.24, 2.45) is 0 Å².